The minimum absolute atomic E-state index is 0.0402. The summed E-state index contributed by atoms with van der Waals surface area (Å²) in [7, 11) is 3.05. The van der Waals surface area contributed by atoms with Crippen LogP contribution in [0.2, 0.25) is 0 Å². The maximum Gasteiger partial charge on any atom is 0.302 e. The summed E-state index contributed by atoms with van der Waals surface area (Å²) in [6.45, 7) is 5.11. The lowest BCUT2D eigenvalue weighted by atomic mass is 9.69. The second-order valence-corrected chi connectivity index (χ2v) is 11.9. The predicted molar refractivity (Wildman–Crippen MR) is 167 cm³/mol. The number of rotatable bonds is 14. The Labute approximate surface area is 255 Å². The van der Waals surface area contributed by atoms with Crippen molar-refractivity contribution in [1.82, 2.24) is 5.32 Å². The number of Topliss-reactive ketones (excluding diaryl/α,β-unsaturated/α-hetero) is 1. The fraction of sp³-hybridized carbons (Fsp3) is 0.543. The van der Waals surface area contributed by atoms with Gasteiger partial charge in [-0.25, -0.2) is 0 Å². The molecule has 8 nitrogen and oxygen atoms in total. The van der Waals surface area contributed by atoms with Gasteiger partial charge >= 0.3 is 5.97 Å². The van der Waals surface area contributed by atoms with Gasteiger partial charge in [0.25, 0.3) is 0 Å². The SMILES string of the molecule is CCCNCC1=C[C@H]2CCCC[C@@H]2[C@H](CC(=O)C[C@@H](CCc2ccc(O)c(OC)c2)OC(C)=O)c2cc(OC)c(O)cc21. The highest BCUT2D eigenvalue weighted by Gasteiger charge is 2.38. The zero-order valence-corrected chi connectivity index (χ0v) is 26.0. The van der Waals surface area contributed by atoms with Crippen LogP contribution < -0.4 is 14.8 Å². The molecule has 3 N–H and O–H groups in total. The van der Waals surface area contributed by atoms with Crippen LogP contribution >= 0.6 is 0 Å². The van der Waals surface area contributed by atoms with E-state index in [1.807, 2.05) is 6.07 Å². The van der Waals surface area contributed by atoms with Gasteiger partial charge < -0.3 is 29.7 Å². The minimum Gasteiger partial charge on any atom is -0.504 e. The number of nitrogens with one attached hydrogen (secondary N) is 1. The Kier molecular flexibility index (Phi) is 11.5. The highest BCUT2D eigenvalue weighted by molar-refractivity contribution is 5.82. The van der Waals surface area contributed by atoms with E-state index in [4.69, 9.17) is 14.2 Å². The quantitative estimate of drug-likeness (QED) is 0.172. The van der Waals surface area contributed by atoms with E-state index in [2.05, 4.69) is 18.3 Å². The average Bonchev–Trinajstić information content (AvgIpc) is 3.10. The molecule has 0 radical (unpaired) electrons. The number of aryl methyl sites for hydroxylation is 1. The Morgan fingerprint density at radius 3 is 2.49 bits per heavy atom. The fourth-order valence-electron chi connectivity index (χ4n) is 6.85. The molecular formula is C35H47NO7. The van der Waals surface area contributed by atoms with Crippen molar-refractivity contribution in [3.05, 3.63) is 53.1 Å². The third-order valence-electron chi connectivity index (χ3n) is 8.88. The van der Waals surface area contributed by atoms with Crippen LogP contribution in [-0.4, -0.2) is 55.4 Å². The van der Waals surface area contributed by atoms with E-state index in [9.17, 15) is 19.8 Å². The van der Waals surface area contributed by atoms with Gasteiger partial charge in [-0.1, -0.05) is 31.9 Å². The number of benzene rings is 2. The second-order valence-electron chi connectivity index (χ2n) is 11.9. The summed E-state index contributed by atoms with van der Waals surface area (Å²) in [5, 5.41) is 24.2. The molecule has 0 unspecified atom stereocenters. The van der Waals surface area contributed by atoms with E-state index in [0.717, 1.165) is 60.9 Å². The fourth-order valence-corrected chi connectivity index (χ4v) is 6.85. The van der Waals surface area contributed by atoms with E-state index < -0.39 is 12.1 Å². The zero-order valence-electron chi connectivity index (χ0n) is 26.0. The van der Waals surface area contributed by atoms with Gasteiger partial charge in [0.2, 0.25) is 0 Å². The minimum atomic E-state index is -0.557. The molecule has 0 aliphatic heterocycles. The number of esters is 1. The topological polar surface area (TPSA) is 114 Å². The maximum absolute atomic E-state index is 13.8. The van der Waals surface area contributed by atoms with E-state index in [-0.39, 0.29) is 29.6 Å². The van der Waals surface area contributed by atoms with Crippen molar-refractivity contribution in [2.45, 2.75) is 83.7 Å². The Hall–Kier alpha value is -3.52. The normalized spacial score (nSPS) is 20.2. The number of phenols is 2. The van der Waals surface area contributed by atoms with Crippen LogP contribution in [0.4, 0.5) is 0 Å². The Balaban J connectivity index is 1.59. The van der Waals surface area contributed by atoms with Crippen molar-refractivity contribution in [3.8, 4) is 23.0 Å². The number of carbonyl (C=O) groups is 2. The van der Waals surface area contributed by atoms with E-state index in [1.165, 1.54) is 14.0 Å². The standard InChI is InChI=1S/C35H47NO7/c1-5-14-36-21-25-16-24-8-6-7-9-28(24)30(31-20-35(42-4)33(40)19-29(25)31)18-26(38)17-27(43-22(2)37)12-10-23-11-13-32(39)34(15-23)41-3/h11,13,15-16,19-20,24,27-28,30,36,39-40H,5-10,12,14,17-18,21H2,1-4H3/t24-,27-,28+,30+/m1/s1. The van der Waals surface area contributed by atoms with Crippen molar-refractivity contribution in [1.29, 1.82) is 0 Å². The molecule has 4 atom stereocenters. The monoisotopic (exact) mass is 593 g/mol. The molecule has 1 saturated carbocycles. The highest BCUT2D eigenvalue weighted by atomic mass is 16.5. The molecule has 2 aliphatic rings. The predicted octanol–water partition coefficient (Wildman–Crippen LogP) is 6.32. The highest BCUT2D eigenvalue weighted by Crippen LogP contribution is 2.50. The Bertz CT molecular complexity index is 1300. The summed E-state index contributed by atoms with van der Waals surface area (Å²) in [6, 6.07) is 8.87. The first-order chi connectivity index (χ1) is 20.7. The van der Waals surface area contributed by atoms with E-state index in [1.54, 1.807) is 31.4 Å². The summed E-state index contributed by atoms with van der Waals surface area (Å²) < 4.78 is 16.4. The van der Waals surface area contributed by atoms with Crippen LogP contribution in [-0.2, 0) is 20.7 Å². The lowest BCUT2D eigenvalue weighted by Gasteiger charge is -2.35. The summed E-state index contributed by atoms with van der Waals surface area (Å²) >= 11 is 0. The number of methoxy groups -OCH3 is 2. The molecule has 0 amide bonds. The maximum atomic E-state index is 13.8. The molecule has 2 aromatic carbocycles. The largest absolute Gasteiger partial charge is 0.504 e. The molecule has 43 heavy (non-hydrogen) atoms. The number of ketones is 1. The lowest BCUT2D eigenvalue weighted by molar-refractivity contribution is -0.147. The third-order valence-corrected chi connectivity index (χ3v) is 8.88. The number of phenolic OH excluding ortho intramolecular Hbond substituents is 2. The van der Waals surface area contributed by atoms with Gasteiger partial charge in [0.15, 0.2) is 23.0 Å². The molecule has 4 rings (SSSR count). The number of carbonyl (C=O) groups excluding carboxylic acids is 2. The number of aromatic hydroxyl groups is 2. The Morgan fingerprint density at radius 1 is 1.02 bits per heavy atom. The first kappa shape index (κ1) is 32.4. The summed E-state index contributed by atoms with van der Waals surface area (Å²) in [6.07, 6.45) is 8.76. The summed E-state index contributed by atoms with van der Waals surface area (Å²) in [5.41, 5.74) is 4.11. The van der Waals surface area contributed by atoms with Crippen LogP contribution in [0, 0.1) is 11.8 Å². The van der Waals surface area contributed by atoms with E-state index in [0.29, 0.717) is 49.1 Å². The molecule has 234 valence electrons. The van der Waals surface area contributed by atoms with Crippen molar-refractivity contribution in [3.63, 3.8) is 0 Å². The summed E-state index contributed by atoms with van der Waals surface area (Å²) in [5.74, 6) is 1.19. The number of hydrogen-bond acceptors (Lipinski definition) is 8. The number of fused-ring (bicyclic) bond motifs is 2. The van der Waals surface area contributed by atoms with Crippen molar-refractivity contribution in [2.75, 3.05) is 27.3 Å². The Morgan fingerprint density at radius 2 is 1.77 bits per heavy atom. The van der Waals surface area contributed by atoms with Gasteiger partial charge in [-0.3, -0.25) is 9.59 Å². The second kappa shape index (κ2) is 15.3. The van der Waals surface area contributed by atoms with Crippen LogP contribution in [0.25, 0.3) is 5.57 Å². The first-order valence-electron chi connectivity index (χ1n) is 15.6. The average molecular weight is 594 g/mol. The first-order valence-corrected chi connectivity index (χ1v) is 15.6. The molecule has 2 aliphatic carbocycles. The van der Waals surface area contributed by atoms with Crippen molar-refractivity contribution < 1.29 is 34.0 Å². The van der Waals surface area contributed by atoms with Crippen LogP contribution in [0.5, 0.6) is 23.0 Å². The van der Waals surface area contributed by atoms with Gasteiger partial charge in [-0.15, -0.1) is 0 Å². The van der Waals surface area contributed by atoms with Gasteiger partial charge in [0.05, 0.1) is 14.2 Å². The molecule has 0 heterocycles. The lowest BCUT2D eigenvalue weighted by Crippen LogP contribution is -2.27. The zero-order chi connectivity index (χ0) is 30.9. The van der Waals surface area contributed by atoms with Gasteiger partial charge in [0, 0.05) is 26.3 Å². The molecule has 0 spiro atoms. The van der Waals surface area contributed by atoms with Crippen LogP contribution in [0.15, 0.2) is 36.4 Å². The molecule has 0 saturated heterocycles. The molecule has 8 heteroatoms. The summed E-state index contributed by atoms with van der Waals surface area (Å²) in [4.78, 5) is 25.8. The van der Waals surface area contributed by atoms with Gasteiger partial charge in [-0.05, 0) is 103 Å². The van der Waals surface area contributed by atoms with Gasteiger partial charge in [0.1, 0.15) is 11.9 Å². The smallest absolute Gasteiger partial charge is 0.302 e. The number of allylic oxidation sites excluding steroid dienone is 1. The van der Waals surface area contributed by atoms with Crippen LogP contribution in [0.1, 0.15) is 87.8 Å². The van der Waals surface area contributed by atoms with Gasteiger partial charge in [-0.2, -0.15) is 0 Å². The third kappa shape index (κ3) is 8.31. The molecule has 1 fully saturated rings. The van der Waals surface area contributed by atoms with Crippen LogP contribution in [0.3, 0.4) is 0 Å². The molecular weight excluding hydrogens is 546 g/mol. The number of hydrogen-bond donors (Lipinski definition) is 3. The van der Waals surface area contributed by atoms with E-state index >= 15 is 0 Å². The van der Waals surface area contributed by atoms with Crippen molar-refractivity contribution in [2.24, 2.45) is 11.8 Å². The van der Waals surface area contributed by atoms with Crippen molar-refractivity contribution >= 4 is 17.3 Å². The molecule has 0 bridgehead atoms. The molecule has 2 aromatic rings. The molecule has 0 aromatic heterocycles. The number of ether oxygens (including phenoxy) is 3.